The second-order valence-corrected chi connectivity index (χ2v) is 11.7. The molecular weight excluding hydrogens is 552 g/mol. The zero-order valence-corrected chi connectivity index (χ0v) is 22.8. The van der Waals surface area contributed by atoms with Crippen molar-refractivity contribution in [1.29, 1.82) is 0 Å². The molecular formula is C22H28Cl2N3O9P. The Bertz CT molecular complexity index is 1270. The molecule has 12 nitrogen and oxygen atoms in total. The van der Waals surface area contributed by atoms with Gasteiger partial charge in [0, 0.05) is 6.20 Å². The van der Waals surface area contributed by atoms with Gasteiger partial charge in [0.05, 0.1) is 12.7 Å². The van der Waals surface area contributed by atoms with Crippen LogP contribution in [0.5, 0.6) is 5.75 Å². The number of aromatic nitrogens is 2. The van der Waals surface area contributed by atoms with E-state index in [-0.39, 0.29) is 10.8 Å². The molecule has 0 spiro atoms. The van der Waals surface area contributed by atoms with Crippen molar-refractivity contribution in [2.45, 2.75) is 63.2 Å². The van der Waals surface area contributed by atoms with Gasteiger partial charge < -0.3 is 19.1 Å². The van der Waals surface area contributed by atoms with Crippen LogP contribution in [-0.2, 0) is 23.4 Å². The third-order valence-electron chi connectivity index (χ3n) is 5.33. The molecule has 1 fully saturated rings. The minimum atomic E-state index is -4.25. The monoisotopic (exact) mass is 579 g/mol. The maximum atomic E-state index is 13.6. The fourth-order valence-electron chi connectivity index (χ4n) is 3.49. The molecule has 37 heavy (non-hydrogen) atoms. The van der Waals surface area contributed by atoms with Crippen LogP contribution in [-0.4, -0.2) is 56.5 Å². The molecule has 1 aromatic carbocycles. The number of halogens is 2. The number of aromatic amines is 1. The highest BCUT2D eigenvalue weighted by Crippen LogP contribution is 2.48. The number of H-pyrrole nitrogens is 1. The van der Waals surface area contributed by atoms with Crippen LogP contribution in [0.2, 0.25) is 5.02 Å². The summed E-state index contributed by atoms with van der Waals surface area (Å²) in [4.78, 5) is 36.7. The number of ether oxygens (including phenoxy) is 2. The molecule has 2 aromatic rings. The lowest BCUT2D eigenvalue weighted by Crippen LogP contribution is -2.43. The van der Waals surface area contributed by atoms with E-state index in [2.05, 4.69) is 5.09 Å². The lowest BCUT2D eigenvalue weighted by atomic mass is 10.0. The van der Waals surface area contributed by atoms with Gasteiger partial charge in [-0.25, -0.2) is 9.36 Å². The van der Waals surface area contributed by atoms with Crippen molar-refractivity contribution in [2.24, 2.45) is 0 Å². The lowest BCUT2D eigenvalue weighted by Gasteiger charge is -2.26. The number of alkyl halides is 1. The number of hydrogen-bond donors (Lipinski definition) is 3. The van der Waals surface area contributed by atoms with Crippen LogP contribution in [0.25, 0.3) is 0 Å². The Morgan fingerprint density at radius 3 is 2.57 bits per heavy atom. The summed E-state index contributed by atoms with van der Waals surface area (Å²) in [7, 11) is -4.25. The number of aliphatic hydroxyl groups excluding tert-OH is 1. The normalized spacial score (nSPS) is 26.0. The maximum absolute atomic E-state index is 13.6. The minimum absolute atomic E-state index is 0.185. The molecule has 0 amide bonds. The van der Waals surface area contributed by atoms with E-state index in [0.29, 0.717) is 0 Å². The van der Waals surface area contributed by atoms with Crippen LogP contribution < -0.4 is 20.9 Å². The molecule has 1 aliphatic rings. The minimum Gasteiger partial charge on any atom is -0.462 e. The summed E-state index contributed by atoms with van der Waals surface area (Å²) < 4.78 is 36.6. The van der Waals surface area contributed by atoms with Gasteiger partial charge in [-0.15, -0.1) is 11.6 Å². The smallest absolute Gasteiger partial charge is 0.459 e. The third-order valence-corrected chi connectivity index (χ3v) is 7.65. The second kappa shape index (κ2) is 11.7. The highest BCUT2D eigenvalue weighted by Gasteiger charge is 2.54. The van der Waals surface area contributed by atoms with Gasteiger partial charge in [0.1, 0.15) is 33.9 Å². The van der Waals surface area contributed by atoms with Crippen molar-refractivity contribution < 1.29 is 33.0 Å². The first-order valence-corrected chi connectivity index (χ1v) is 13.5. The van der Waals surface area contributed by atoms with Crippen LogP contribution in [0.1, 0.15) is 33.9 Å². The van der Waals surface area contributed by atoms with E-state index in [1.165, 1.54) is 26.0 Å². The van der Waals surface area contributed by atoms with Crippen LogP contribution in [0.4, 0.5) is 0 Å². The maximum Gasteiger partial charge on any atom is 0.459 e. The summed E-state index contributed by atoms with van der Waals surface area (Å²) in [6.07, 6.45) is -3.27. The van der Waals surface area contributed by atoms with E-state index < -0.39 is 67.0 Å². The number of nitrogens with zero attached hydrogens (tertiary/aromatic N) is 1. The van der Waals surface area contributed by atoms with E-state index >= 15 is 0 Å². The van der Waals surface area contributed by atoms with Crippen molar-refractivity contribution in [1.82, 2.24) is 14.6 Å². The van der Waals surface area contributed by atoms with E-state index in [9.17, 15) is 24.1 Å². The Kier molecular flexibility index (Phi) is 9.28. The van der Waals surface area contributed by atoms with Crippen LogP contribution in [0.15, 0.2) is 46.1 Å². The molecule has 15 heteroatoms. The van der Waals surface area contributed by atoms with Crippen LogP contribution in [0, 0.1) is 0 Å². The number of carbonyl (C=O) groups is 1. The SMILES string of the molecule is CC(C)OC(=O)[C@@H](C)NP(=O)(OC[C@H]1O[C@@H](n2cc(Cl)c(=O)[nH]c2=O)[C@](C)(Cl)[C@@H]1O)Oc1ccccc1. The second-order valence-electron chi connectivity index (χ2n) is 8.80. The Morgan fingerprint density at radius 2 is 1.95 bits per heavy atom. The average Bonchev–Trinajstić information content (AvgIpc) is 3.03. The average molecular weight is 580 g/mol. The number of nitrogens with one attached hydrogen (secondary N) is 2. The molecule has 3 rings (SSSR count). The van der Waals surface area contributed by atoms with Gasteiger partial charge >= 0.3 is 19.4 Å². The van der Waals surface area contributed by atoms with Crippen molar-refractivity contribution in [3.8, 4) is 5.75 Å². The number of hydrogen-bond acceptors (Lipinski definition) is 9. The summed E-state index contributed by atoms with van der Waals surface area (Å²) in [5, 5.41) is 13.1. The summed E-state index contributed by atoms with van der Waals surface area (Å²) >= 11 is 12.4. The third kappa shape index (κ3) is 7.02. The number of rotatable bonds is 10. The molecule has 3 N–H and O–H groups in total. The van der Waals surface area contributed by atoms with E-state index in [1.54, 1.807) is 32.0 Å². The van der Waals surface area contributed by atoms with Gasteiger partial charge in [0.15, 0.2) is 6.23 Å². The molecule has 204 valence electrons. The van der Waals surface area contributed by atoms with Crippen molar-refractivity contribution >= 4 is 36.9 Å². The summed E-state index contributed by atoms with van der Waals surface area (Å²) in [6, 6.07) is 7.01. The van der Waals surface area contributed by atoms with Crippen LogP contribution >= 0.6 is 30.9 Å². The molecule has 1 saturated heterocycles. The van der Waals surface area contributed by atoms with Crippen molar-refractivity contribution in [3.05, 3.63) is 62.4 Å². The zero-order chi connectivity index (χ0) is 27.5. The topological polar surface area (TPSA) is 158 Å². The van der Waals surface area contributed by atoms with E-state index in [0.717, 1.165) is 10.8 Å². The van der Waals surface area contributed by atoms with Gasteiger partial charge in [-0.05, 0) is 39.8 Å². The van der Waals surface area contributed by atoms with Gasteiger partial charge in [0.2, 0.25) is 0 Å². The number of aliphatic hydroxyl groups is 1. The number of esters is 1. The Morgan fingerprint density at radius 1 is 1.30 bits per heavy atom. The van der Waals surface area contributed by atoms with Gasteiger partial charge in [-0.2, -0.15) is 5.09 Å². The lowest BCUT2D eigenvalue weighted by molar-refractivity contribution is -0.149. The molecule has 1 aromatic heterocycles. The molecule has 0 aliphatic carbocycles. The Labute approximate surface area is 222 Å². The standard InChI is InChI=1S/C22H28Cl2N3O9P/c1-12(2)34-19(30)13(3)26-37(32,36-14-8-6-5-7-9-14)33-11-16-17(28)22(4,24)20(35-16)27-10-15(23)18(29)25-21(27)31/h5-10,12-13,16-17,20,28H,11H2,1-4H3,(H,26,32)(H,25,29,31)/t13-,16-,17-,20-,22-,37?/m1/s1. The molecule has 1 unspecified atom stereocenters. The Balaban J connectivity index is 1.82. The fourth-order valence-corrected chi connectivity index (χ4v) is 5.44. The number of benzene rings is 1. The number of carbonyl (C=O) groups excluding carboxylic acids is 1. The predicted molar refractivity (Wildman–Crippen MR) is 135 cm³/mol. The van der Waals surface area contributed by atoms with Crippen molar-refractivity contribution in [3.63, 3.8) is 0 Å². The molecule has 1 aliphatic heterocycles. The molecule has 0 radical (unpaired) electrons. The fraction of sp³-hybridized carbons (Fsp3) is 0.500. The molecule has 0 saturated carbocycles. The summed E-state index contributed by atoms with van der Waals surface area (Å²) in [6.45, 7) is 5.65. The highest BCUT2D eigenvalue weighted by molar-refractivity contribution is 7.52. The first-order chi connectivity index (χ1) is 17.2. The largest absolute Gasteiger partial charge is 0.462 e. The molecule has 0 bridgehead atoms. The van der Waals surface area contributed by atoms with Gasteiger partial charge in [-0.1, -0.05) is 29.8 Å². The van der Waals surface area contributed by atoms with Gasteiger partial charge in [0.25, 0.3) is 5.56 Å². The van der Waals surface area contributed by atoms with Crippen LogP contribution in [0.3, 0.4) is 0 Å². The zero-order valence-electron chi connectivity index (χ0n) is 20.4. The highest BCUT2D eigenvalue weighted by atomic mass is 35.5. The number of para-hydroxylation sites is 1. The summed E-state index contributed by atoms with van der Waals surface area (Å²) in [5.74, 6) is -0.500. The quantitative estimate of drug-likeness (QED) is 0.217. The van der Waals surface area contributed by atoms with Crippen molar-refractivity contribution in [2.75, 3.05) is 6.61 Å². The molecule has 6 atom stereocenters. The Hall–Kier alpha value is -2.18. The van der Waals surface area contributed by atoms with E-state index in [4.69, 9.17) is 41.7 Å². The van der Waals surface area contributed by atoms with Gasteiger partial charge in [-0.3, -0.25) is 23.7 Å². The predicted octanol–water partition coefficient (Wildman–Crippen LogP) is 2.58. The first kappa shape index (κ1) is 29.4. The summed E-state index contributed by atoms with van der Waals surface area (Å²) in [5.41, 5.74) is -1.66. The van der Waals surface area contributed by atoms with E-state index in [1.807, 2.05) is 4.98 Å². The molecule has 2 heterocycles. The first-order valence-electron chi connectivity index (χ1n) is 11.2.